The van der Waals surface area contributed by atoms with Crippen LogP contribution in [-0.2, 0) is 11.3 Å². The number of pyridine rings is 1. The normalized spacial score (nSPS) is 11.1. The van der Waals surface area contributed by atoms with Gasteiger partial charge in [0.1, 0.15) is 5.82 Å². The van der Waals surface area contributed by atoms with Crippen LogP contribution in [0.5, 0.6) is 0 Å². The van der Waals surface area contributed by atoms with Crippen LogP contribution >= 0.6 is 0 Å². The molecule has 0 aliphatic carbocycles. The van der Waals surface area contributed by atoms with E-state index in [4.69, 9.17) is 9.72 Å². The third kappa shape index (κ3) is 4.18. The van der Waals surface area contributed by atoms with Crippen LogP contribution < -0.4 is 10.2 Å². The van der Waals surface area contributed by atoms with Gasteiger partial charge in [0, 0.05) is 37.5 Å². The number of aromatic nitrogens is 1. The summed E-state index contributed by atoms with van der Waals surface area (Å²) in [5.41, 5.74) is 3.63. The summed E-state index contributed by atoms with van der Waals surface area (Å²) in [6.07, 6.45) is 0. The van der Waals surface area contributed by atoms with E-state index in [2.05, 4.69) is 44.0 Å². The monoisotopic (exact) mass is 265 g/mol. The number of rotatable bonds is 7. The highest BCUT2D eigenvalue weighted by Crippen LogP contribution is 2.24. The van der Waals surface area contributed by atoms with Gasteiger partial charge < -0.3 is 15.0 Å². The highest BCUT2D eigenvalue weighted by atomic mass is 16.5. The van der Waals surface area contributed by atoms with Crippen molar-refractivity contribution in [2.45, 2.75) is 40.3 Å². The highest BCUT2D eigenvalue weighted by Gasteiger charge is 2.17. The van der Waals surface area contributed by atoms with Crippen molar-refractivity contribution in [1.82, 2.24) is 10.3 Å². The van der Waals surface area contributed by atoms with Gasteiger partial charge >= 0.3 is 0 Å². The lowest BCUT2D eigenvalue weighted by Gasteiger charge is -2.30. The number of nitrogens with one attached hydrogen (secondary N) is 1. The van der Waals surface area contributed by atoms with Gasteiger partial charge in [-0.1, -0.05) is 0 Å². The van der Waals surface area contributed by atoms with Crippen LogP contribution in [0, 0.1) is 13.8 Å². The maximum Gasteiger partial charge on any atom is 0.133 e. The van der Waals surface area contributed by atoms with Crippen molar-refractivity contribution in [3.05, 3.63) is 22.9 Å². The van der Waals surface area contributed by atoms with Gasteiger partial charge in [-0.2, -0.15) is 0 Å². The molecule has 0 aromatic carbocycles. The summed E-state index contributed by atoms with van der Waals surface area (Å²) in [7, 11) is 3.71. The van der Waals surface area contributed by atoms with Gasteiger partial charge in [-0.05, 0) is 46.4 Å². The second-order valence-corrected chi connectivity index (χ2v) is 5.19. The molecule has 1 N–H and O–H groups in total. The molecule has 1 aromatic heterocycles. The van der Waals surface area contributed by atoms with Crippen LogP contribution in [-0.4, -0.2) is 38.3 Å². The Hall–Kier alpha value is -1.13. The molecule has 0 spiro atoms. The lowest BCUT2D eigenvalue weighted by molar-refractivity contribution is 0.203. The molecular weight excluding hydrogens is 238 g/mol. The lowest BCUT2D eigenvalue weighted by atomic mass is 10.1. The van der Waals surface area contributed by atoms with Gasteiger partial charge in [-0.25, -0.2) is 4.98 Å². The number of aryl methyl sites for hydroxylation is 2. The van der Waals surface area contributed by atoms with Crippen LogP contribution in [0.1, 0.15) is 30.7 Å². The Bertz CT molecular complexity index is 405. The van der Waals surface area contributed by atoms with Crippen LogP contribution in [0.15, 0.2) is 6.07 Å². The lowest BCUT2D eigenvalue weighted by Crippen LogP contribution is -2.36. The molecule has 19 heavy (non-hydrogen) atoms. The number of hydrogen-bond donors (Lipinski definition) is 1. The van der Waals surface area contributed by atoms with Gasteiger partial charge in [0.2, 0.25) is 0 Å². The second kappa shape index (κ2) is 7.46. The Balaban J connectivity index is 3.18. The molecular formula is C15H27N3O. The molecule has 108 valence electrons. The molecule has 0 amide bonds. The first-order chi connectivity index (χ1) is 9.01. The summed E-state index contributed by atoms with van der Waals surface area (Å²) in [4.78, 5) is 7.07. The van der Waals surface area contributed by atoms with E-state index < -0.39 is 0 Å². The molecule has 0 unspecified atom stereocenters. The first-order valence-electron chi connectivity index (χ1n) is 6.88. The molecule has 1 heterocycles. The zero-order chi connectivity index (χ0) is 14.4. The zero-order valence-electron chi connectivity index (χ0n) is 13.1. The molecule has 0 fully saturated rings. The smallest absolute Gasteiger partial charge is 0.133 e. The van der Waals surface area contributed by atoms with Crippen LogP contribution in [0.4, 0.5) is 5.82 Å². The Morgan fingerprint density at radius 1 is 1.37 bits per heavy atom. The summed E-state index contributed by atoms with van der Waals surface area (Å²) in [5.74, 6) is 1.08. The molecule has 4 heteroatoms. The average Bonchev–Trinajstić information content (AvgIpc) is 2.33. The maximum atomic E-state index is 5.22. The fraction of sp³-hybridized carbons (Fsp3) is 0.667. The van der Waals surface area contributed by atoms with Gasteiger partial charge in [0.15, 0.2) is 0 Å². The van der Waals surface area contributed by atoms with E-state index in [0.717, 1.165) is 24.6 Å². The van der Waals surface area contributed by atoms with Crippen molar-refractivity contribution in [3.63, 3.8) is 0 Å². The molecule has 0 bridgehead atoms. The van der Waals surface area contributed by atoms with E-state index >= 15 is 0 Å². The van der Waals surface area contributed by atoms with E-state index in [1.807, 2.05) is 7.05 Å². The largest absolute Gasteiger partial charge is 0.383 e. The Kier molecular flexibility index (Phi) is 6.25. The topological polar surface area (TPSA) is 37.4 Å². The molecule has 0 radical (unpaired) electrons. The van der Waals surface area contributed by atoms with E-state index in [9.17, 15) is 0 Å². The van der Waals surface area contributed by atoms with Gasteiger partial charge in [-0.3, -0.25) is 0 Å². The van der Waals surface area contributed by atoms with E-state index in [1.165, 1.54) is 11.1 Å². The standard InChI is InChI=1S/C15H27N3O/c1-11(2)18(7-8-19-6)15-14(10-16-5)12(3)9-13(4)17-15/h9,11,16H,7-8,10H2,1-6H3. The Labute approximate surface area is 117 Å². The van der Waals surface area contributed by atoms with Crippen LogP contribution in [0.25, 0.3) is 0 Å². The predicted molar refractivity (Wildman–Crippen MR) is 80.8 cm³/mol. The Morgan fingerprint density at radius 2 is 2.05 bits per heavy atom. The summed E-state index contributed by atoms with van der Waals surface area (Å²) in [6, 6.07) is 2.55. The predicted octanol–water partition coefficient (Wildman–Crippen LogP) is 2.28. The number of ether oxygens (including phenoxy) is 1. The van der Waals surface area contributed by atoms with E-state index in [-0.39, 0.29) is 0 Å². The van der Waals surface area contributed by atoms with Crippen molar-refractivity contribution in [1.29, 1.82) is 0 Å². The Morgan fingerprint density at radius 3 is 2.58 bits per heavy atom. The summed E-state index contributed by atoms with van der Waals surface area (Å²) in [5, 5.41) is 3.24. The highest BCUT2D eigenvalue weighted by molar-refractivity contribution is 5.52. The number of hydrogen-bond acceptors (Lipinski definition) is 4. The molecule has 0 aliphatic heterocycles. The van der Waals surface area contributed by atoms with E-state index in [1.54, 1.807) is 7.11 Å². The fourth-order valence-corrected chi connectivity index (χ4v) is 2.27. The molecule has 4 nitrogen and oxygen atoms in total. The molecule has 0 saturated heterocycles. The second-order valence-electron chi connectivity index (χ2n) is 5.19. The van der Waals surface area contributed by atoms with Crippen molar-refractivity contribution in [3.8, 4) is 0 Å². The SMILES string of the molecule is CNCc1c(C)cc(C)nc1N(CCOC)C(C)C. The number of nitrogens with zero attached hydrogens (tertiary/aromatic N) is 2. The minimum atomic E-state index is 0.402. The third-order valence-corrected chi connectivity index (χ3v) is 3.24. The minimum Gasteiger partial charge on any atom is -0.383 e. The number of methoxy groups -OCH3 is 1. The molecule has 1 aromatic rings. The summed E-state index contributed by atoms with van der Waals surface area (Å²) in [6.45, 7) is 11.0. The molecule has 0 aliphatic rings. The molecule has 1 rings (SSSR count). The van der Waals surface area contributed by atoms with Crippen molar-refractivity contribution >= 4 is 5.82 Å². The third-order valence-electron chi connectivity index (χ3n) is 3.24. The average molecular weight is 265 g/mol. The maximum absolute atomic E-state index is 5.22. The van der Waals surface area contributed by atoms with Crippen molar-refractivity contribution < 1.29 is 4.74 Å². The molecule has 0 atom stereocenters. The minimum absolute atomic E-state index is 0.402. The number of anilines is 1. The van der Waals surface area contributed by atoms with Gasteiger partial charge in [0.05, 0.1) is 6.61 Å². The van der Waals surface area contributed by atoms with E-state index in [0.29, 0.717) is 12.6 Å². The summed E-state index contributed by atoms with van der Waals surface area (Å²) >= 11 is 0. The molecule has 0 saturated carbocycles. The van der Waals surface area contributed by atoms with Crippen molar-refractivity contribution in [2.75, 3.05) is 32.2 Å². The van der Waals surface area contributed by atoms with Gasteiger partial charge in [0.25, 0.3) is 0 Å². The zero-order valence-corrected chi connectivity index (χ0v) is 13.1. The first kappa shape index (κ1) is 15.9. The quantitative estimate of drug-likeness (QED) is 0.821. The van der Waals surface area contributed by atoms with Crippen molar-refractivity contribution in [2.24, 2.45) is 0 Å². The first-order valence-corrected chi connectivity index (χ1v) is 6.88. The summed E-state index contributed by atoms with van der Waals surface area (Å²) < 4.78 is 5.22. The van der Waals surface area contributed by atoms with Gasteiger partial charge in [-0.15, -0.1) is 0 Å². The van der Waals surface area contributed by atoms with Crippen LogP contribution in [0.2, 0.25) is 0 Å². The van der Waals surface area contributed by atoms with Crippen LogP contribution in [0.3, 0.4) is 0 Å². The fourth-order valence-electron chi connectivity index (χ4n) is 2.27.